The van der Waals surface area contributed by atoms with Crippen molar-refractivity contribution in [3.63, 3.8) is 0 Å². The average molecular weight is 342 g/mol. The summed E-state index contributed by atoms with van der Waals surface area (Å²) in [5.74, 6) is 3.53. The molecule has 0 radical (unpaired) electrons. The Morgan fingerprint density at radius 2 is 1.96 bits per heavy atom. The van der Waals surface area contributed by atoms with Crippen LogP contribution < -0.4 is 15.8 Å². The van der Waals surface area contributed by atoms with Crippen molar-refractivity contribution in [3.8, 4) is 5.75 Å². The third-order valence-electron chi connectivity index (χ3n) is 4.33. The summed E-state index contributed by atoms with van der Waals surface area (Å²) in [6, 6.07) is 7.60. The second-order valence-corrected chi connectivity index (χ2v) is 6.93. The highest BCUT2D eigenvalue weighted by Crippen LogP contribution is 2.23. The zero-order valence-corrected chi connectivity index (χ0v) is 15.1. The van der Waals surface area contributed by atoms with Crippen LogP contribution in [0, 0.1) is 11.8 Å². The Balaban J connectivity index is 1.73. The Hall–Kier alpha value is -2.41. The quantitative estimate of drug-likeness (QED) is 0.863. The molecule has 0 bridgehead atoms. The third-order valence-corrected chi connectivity index (χ3v) is 4.33. The summed E-state index contributed by atoms with van der Waals surface area (Å²) in [5, 5.41) is 3.17. The molecular weight excluding hydrogens is 316 g/mol. The number of methoxy groups -OCH3 is 1. The molecule has 0 amide bonds. The number of nitrogen functional groups attached to an aromatic ring is 1. The number of nitrogens with zero attached hydrogens (tertiary/aromatic N) is 4. The number of benzene rings is 1. The van der Waals surface area contributed by atoms with Crippen LogP contribution in [-0.2, 0) is 6.54 Å². The van der Waals surface area contributed by atoms with Gasteiger partial charge in [-0.05, 0) is 30.4 Å². The van der Waals surface area contributed by atoms with Gasteiger partial charge in [-0.3, -0.25) is 4.90 Å². The number of hydrogen-bond acceptors (Lipinski definition) is 7. The number of nitrogens with one attached hydrogen (secondary N) is 1. The molecule has 7 heteroatoms. The van der Waals surface area contributed by atoms with Crippen molar-refractivity contribution in [2.75, 3.05) is 31.2 Å². The predicted octanol–water partition coefficient (Wildman–Crippen LogP) is 2.68. The van der Waals surface area contributed by atoms with Gasteiger partial charge in [0.1, 0.15) is 11.6 Å². The van der Waals surface area contributed by atoms with Crippen LogP contribution in [0.2, 0.25) is 0 Å². The molecule has 7 nitrogen and oxygen atoms in total. The molecule has 3 N–H and O–H groups in total. The molecule has 2 aromatic rings. The van der Waals surface area contributed by atoms with E-state index in [1.165, 1.54) is 6.42 Å². The Morgan fingerprint density at radius 3 is 2.68 bits per heavy atom. The van der Waals surface area contributed by atoms with Crippen LogP contribution in [0.3, 0.4) is 0 Å². The normalized spacial score (nSPS) is 21.1. The number of aromatic nitrogens is 3. The molecule has 0 saturated carbocycles. The minimum Gasteiger partial charge on any atom is -0.497 e. The van der Waals surface area contributed by atoms with E-state index in [9.17, 15) is 0 Å². The monoisotopic (exact) mass is 342 g/mol. The number of hydrogen-bond donors (Lipinski definition) is 2. The van der Waals surface area contributed by atoms with E-state index in [2.05, 4.69) is 39.0 Å². The summed E-state index contributed by atoms with van der Waals surface area (Å²) < 4.78 is 5.24. The molecule has 1 aromatic heterocycles. The van der Waals surface area contributed by atoms with Crippen molar-refractivity contribution in [3.05, 3.63) is 30.1 Å². The predicted molar refractivity (Wildman–Crippen MR) is 98.7 cm³/mol. The van der Waals surface area contributed by atoms with E-state index in [4.69, 9.17) is 10.5 Å². The minimum atomic E-state index is 0.230. The summed E-state index contributed by atoms with van der Waals surface area (Å²) in [6.07, 6.45) is 1.28. The smallest absolute Gasteiger partial charge is 0.232 e. The van der Waals surface area contributed by atoms with E-state index >= 15 is 0 Å². The number of nitrogens with two attached hydrogens (primary N) is 1. The molecule has 3 rings (SSSR count). The summed E-state index contributed by atoms with van der Waals surface area (Å²) in [4.78, 5) is 15.4. The first kappa shape index (κ1) is 17.4. The maximum absolute atomic E-state index is 5.88. The molecule has 1 aliphatic heterocycles. The molecule has 1 aromatic carbocycles. The maximum Gasteiger partial charge on any atom is 0.232 e. The number of likely N-dealkylation sites (tertiary alicyclic amines) is 1. The van der Waals surface area contributed by atoms with Crippen LogP contribution in [0.1, 0.15) is 26.1 Å². The van der Waals surface area contributed by atoms with Gasteiger partial charge in [-0.15, -0.1) is 0 Å². The Kier molecular flexibility index (Phi) is 5.33. The van der Waals surface area contributed by atoms with E-state index in [0.29, 0.717) is 30.2 Å². The summed E-state index contributed by atoms with van der Waals surface area (Å²) >= 11 is 0. The molecule has 2 heterocycles. The van der Waals surface area contributed by atoms with Gasteiger partial charge in [-0.2, -0.15) is 15.0 Å². The first-order valence-electron chi connectivity index (χ1n) is 8.65. The number of ether oxygens (including phenoxy) is 1. The van der Waals surface area contributed by atoms with Gasteiger partial charge in [0.2, 0.25) is 11.9 Å². The molecule has 1 aliphatic rings. The molecule has 0 spiro atoms. The summed E-state index contributed by atoms with van der Waals surface area (Å²) in [6.45, 7) is 7.40. The standard InChI is InChI=1S/C18H26N6O/c1-12-7-13(2)10-24(9-12)11-16-21-17(19)23-18(22-16)20-14-5-4-6-15(8-14)25-3/h4-6,8,12-13H,7,9-11H2,1-3H3,(H3,19,20,21,22,23). The molecule has 1 saturated heterocycles. The van der Waals surface area contributed by atoms with Gasteiger partial charge in [-0.1, -0.05) is 19.9 Å². The first-order valence-corrected chi connectivity index (χ1v) is 8.65. The topological polar surface area (TPSA) is 89.2 Å². The highest BCUT2D eigenvalue weighted by Gasteiger charge is 2.22. The number of rotatable bonds is 5. The molecule has 2 atom stereocenters. The average Bonchev–Trinajstić information content (AvgIpc) is 2.53. The lowest BCUT2D eigenvalue weighted by atomic mass is 9.92. The second-order valence-electron chi connectivity index (χ2n) is 6.93. The van der Waals surface area contributed by atoms with Crippen LogP contribution >= 0.6 is 0 Å². The highest BCUT2D eigenvalue weighted by atomic mass is 16.5. The van der Waals surface area contributed by atoms with E-state index in [-0.39, 0.29) is 5.95 Å². The zero-order valence-electron chi connectivity index (χ0n) is 15.1. The Labute approximate surface area is 148 Å². The molecule has 134 valence electrons. The fraction of sp³-hybridized carbons (Fsp3) is 0.500. The van der Waals surface area contributed by atoms with Crippen molar-refractivity contribution in [1.29, 1.82) is 0 Å². The molecule has 0 aliphatic carbocycles. The lowest BCUT2D eigenvalue weighted by Crippen LogP contribution is -2.38. The first-order chi connectivity index (χ1) is 12.0. The lowest BCUT2D eigenvalue weighted by molar-refractivity contribution is 0.131. The zero-order chi connectivity index (χ0) is 17.8. The summed E-state index contributed by atoms with van der Waals surface area (Å²) in [5.41, 5.74) is 6.73. The van der Waals surface area contributed by atoms with Gasteiger partial charge in [0.05, 0.1) is 13.7 Å². The Morgan fingerprint density at radius 1 is 1.20 bits per heavy atom. The van der Waals surface area contributed by atoms with Crippen molar-refractivity contribution in [2.45, 2.75) is 26.8 Å². The van der Waals surface area contributed by atoms with E-state index in [0.717, 1.165) is 24.5 Å². The van der Waals surface area contributed by atoms with Gasteiger partial charge >= 0.3 is 0 Å². The van der Waals surface area contributed by atoms with Crippen LogP contribution in [0.5, 0.6) is 5.75 Å². The van der Waals surface area contributed by atoms with Crippen LogP contribution in [0.4, 0.5) is 17.6 Å². The van der Waals surface area contributed by atoms with E-state index in [1.54, 1.807) is 7.11 Å². The lowest BCUT2D eigenvalue weighted by Gasteiger charge is -2.34. The fourth-order valence-corrected chi connectivity index (χ4v) is 3.52. The summed E-state index contributed by atoms with van der Waals surface area (Å²) in [7, 11) is 1.64. The molecular formula is C18H26N6O. The van der Waals surface area contributed by atoms with E-state index < -0.39 is 0 Å². The number of anilines is 3. The fourth-order valence-electron chi connectivity index (χ4n) is 3.52. The van der Waals surface area contributed by atoms with Gasteiger partial charge in [0, 0.05) is 24.8 Å². The third kappa shape index (κ3) is 4.79. The maximum atomic E-state index is 5.88. The van der Waals surface area contributed by atoms with Crippen LogP contribution in [-0.4, -0.2) is 40.1 Å². The van der Waals surface area contributed by atoms with Gasteiger partial charge < -0.3 is 15.8 Å². The van der Waals surface area contributed by atoms with Gasteiger partial charge in [-0.25, -0.2) is 0 Å². The largest absolute Gasteiger partial charge is 0.497 e. The highest BCUT2D eigenvalue weighted by molar-refractivity contribution is 5.56. The molecule has 25 heavy (non-hydrogen) atoms. The van der Waals surface area contributed by atoms with Crippen LogP contribution in [0.25, 0.3) is 0 Å². The van der Waals surface area contributed by atoms with Crippen LogP contribution in [0.15, 0.2) is 24.3 Å². The molecule has 1 fully saturated rings. The van der Waals surface area contributed by atoms with Gasteiger partial charge in [0.15, 0.2) is 0 Å². The van der Waals surface area contributed by atoms with Crippen molar-refractivity contribution >= 4 is 17.6 Å². The molecule has 2 unspecified atom stereocenters. The van der Waals surface area contributed by atoms with Crippen molar-refractivity contribution in [1.82, 2.24) is 19.9 Å². The Bertz CT molecular complexity index is 712. The number of piperidine rings is 1. The SMILES string of the molecule is COc1cccc(Nc2nc(N)nc(CN3CC(C)CC(C)C3)n2)c1. The minimum absolute atomic E-state index is 0.230. The second kappa shape index (κ2) is 7.65. The van der Waals surface area contributed by atoms with Gasteiger partial charge in [0.25, 0.3) is 0 Å². The van der Waals surface area contributed by atoms with Crippen molar-refractivity contribution in [2.24, 2.45) is 11.8 Å². The van der Waals surface area contributed by atoms with Crippen molar-refractivity contribution < 1.29 is 4.74 Å². The van der Waals surface area contributed by atoms with E-state index in [1.807, 2.05) is 24.3 Å².